The number of carbonyl (C=O) groups is 2. The van der Waals surface area contributed by atoms with E-state index in [-0.39, 0.29) is 29.5 Å². The van der Waals surface area contributed by atoms with E-state index in [9.17, 15) is 9.59 Å². The summed E-state index contributed by atoms with van der Waals surface area (Å²) in [6, 6.07) is 10.5. The number of benzene rings is 1. The Bertz CT molecular complexity index is 739. The zero-order valence-electron chi connectivity index (χ0n) is 14.9. The van der Waals surface area contributed by atoms with Crippen molar-refractivity contribution in [1.29, 1.82) is 0 Å². The van der Waals surface area contributed by atoms with Gasteiger partial charge in [-0.3, -0.25) is 14.6 Å². The lowest BCUT2D eigenvalue weighted by molar-refractivity contribution is -0.110. The SMILES string of the molecule is COC(CN(C)C(=O)c1ncccc1C(=O)c1ccc(C)cc1)OC. The summed E-state index contributed by atoms with van der Waals surface area (Å²) in [6.45, 7) is 2.17. The molecular weight excluding hydrogens is 320 g/mol. The van der Waals surface area contributed by atoms with Gasteiger partial charge in [-0.1, -0.05) is 29.8 Å². The first-order chi connectivity index (χ1) is 12.0. The van der Waals surface area contributed by atoms with E-state index in [1.807, 2.05) is 19.1 Å². The fourth-order valence-corrected chi connectivity index (χ4v) is 2.35. The zero-order chi connectivity index (χ0) is 18.4. The van der Waals surface area contributed by atoms with Gasteiger partial charge in [0.25, 0.3) is 5.91 Å². The lowest BCUT2D eigenvalue weighted by Crippen LogP contribution is -2.37. The van der Waals surface area contributed by atoms with Crippen LogP contribution in [0.1, 0.15) is 32.0 Å². The number of pyridine rings is 1. The number of aromatic nitrogens is 1. The number of carbonyl (C=O) groups excluding carboxylic acids is 2. The highest BCUT2D eigenvalue weighted by Gasteiger charge is 2.23. The van der Waals surface area contributed by atoms with Crippen molar-refractivity contribution in [2.75, 3.05) is 27.8 Å². The quantitative estimate of drug-likeness (QED) is 0.570. The molecule has 0 N–H and O–H groups in total. The normalized spacial score (nSPS) is 10.8. The van der Waals surface area contributed by atoms with Crippen molar-refractivity contribution in [2.24, 2.45) is 0 Å². The monoisotopic (exact) mass is 342 g/mol. The van der Waals surface area contributed by atoms with Crippen molar-refractivity contribution < 1.29 is 19.1 Å². The van der Waals surface area contributed by atoms with E-state index >= 15 is 0 Å². The number of aryl methyl sites for hydroxylation is 1. The molecular formula is C19H22N2O4. The predicted octanol–water partition coefficient (Wildman–Crippen LogP) is 2.31. The topological polar surface area (TPSA) is 68.7 Å². The molecule has 6 nitrogen and oxygen atoms in total. The Hall–Kier alpha value is -2.57. The number of hydrogen-bond donors (Lipinski definition) is 0. The van der Waals surface area contributed by atoms with Crippen LogP contribution in [0.5, 0.6) is 0 Å². The van der Waals surface area contributed by atoms with Crippen LogP contribution in [0.2, 0.25) is 0 Å². The molecule has 0 unspecified atom stereocenters. The van der Waals surface area contributed by atoms with Crippen molar-refractivity contribution in [3.05, 3.63) is 65.0 Å². The van der Waals surface area contributed by atoms with E-state index in [2.05, 4.69) is 4.98 Å². The lowest BCUT2D eigenvalue weighted by atomic mass is 10.0. The summed E-state index contributed by atoms with van der Waals surface area (Å²) in [5.41, 5.74) is 1.96. The van der Waals surface area contributed by atoms with Crippen LogP contribution in [-0.4, -0.2) is 55.7 Å². The van der Waals surface area contributed by atoms with Crippen LogP contribution in [0.3, 0.4) is 0 Å². The van der Waals surface area contributed by atoms with Gasteiger partial charge in [0.2, 0.25) is 0 Å². The molecule has 0 bridgehead atoms. The third-order valence-electron chi connectivity index (χ3n) is 3.86. The Morgan fingerprint density at radius 1 is 1.12 bits per heavy atom. The molecule has 2 rings (SSSR count). The van der Waals surface area contributed by atoms with Gasteiger partial charge in [0.1, 0.15) is 5.69 Å². The van der Waals surface area contributed by atoms with Gasteiger partial charge >= 0.3 is 0 Å². The minimum absolute atomic E-state index is 0.113. The smallest absolute Gasteiger partial charge is 0.273 e. The Morgan fingerprint density at radius 2 is 1.76 bits per heavy atom. The van der Waals surface area contributed by atoms with Crippen LogP contribution in [0.4, 0.5) is 0 Å². The number of ketones is 1. The average molecular weight is 342 g/mol. The number of likely N-dealkylation sites (N-methyl/N-ethyl adjacent to an activating group) is 1. The van der Waals surface area contributed by atoms with E-state index in [4.69, 9.17) is 9.47 Å². The maximum absolute atomic E-state index is 12.8. The van der Waals surface area contributed by atoms with Crippen molar-refractivity contribution in [3.8, 4) is 0 Å². The molecule has 6 heteroatoms. The van der Waals surface area contributed by atoms with Crippen LogP contribution in [0, 0.1) is 6.92 Å². The molecule has 1 amide bonds. The molecule has 0 atom stereocenters. The maximum atomic E-state index is 12.8. The first kappa shape index (κ1) is 18.8. The van der Waals surface area contributed by atoms with Gasteiger partial charge in [-0.2, -0.15) is 0 Å². The van der Waals surface area contributed by atoms with Gasteiger partial charge in [-0.25, -0.2) is 0 Å². The Kier molecular flexibility index (Phi) is 6.38. The molecule has 0 saturated carbocycles. The number of ether oxygens (including phenoxy) is 2. The molecule has 1 aromatic heterocycles. The summed E-state index contributed by atoms with van der Waals surface area (Å²) in [7, 11) is 4.61. The third kappa shape index (κ3) is 4.49. The minimum atomic E-state index is -0.547. The summed E-state index contributed by atoms with van der Waals surface area (Å²) >= 11 is 0. The molecule has 1 heterocycles. The summed E-state index contributed by atoms with van der Waals surface area (Å²) in [5, 5.41) is 0. The molecule has 0 aliphatic heterocycles. The summed E-state index contributed by atoms with van der Waals surface area (Å²) in [5.74, 6) is -0.602. The van der Waals surface area contributed by atoms with Crippen LogP contribution in [0.25, 0.3) is 0 Å². The number of methoxy groups -OCH3 is 2. The molecule has 0 aliphatic carbocycles. The fourth-order valence-electron chi connectivity index (χ4n) is 2.35. The second-order valence-electron chi connectivity index (χ2n) is 5.68. The second-order valence-corrected chi connectivity index (χ2v) is 5.68. The molecule has 25 heavy (non-hydrogen) atoms. The van der Waals surface area contributed by atoms with E-state index in [0.29, 0.717) is 5.56 Å². The van der Waals surface area contributed by atoms with Gasteiger partial charge in [0.05, 0.1) is 12.1 Å². The molecule has 0 spiro atoms. The van der Waals surface area contributed by atoms with E-state index in [1.165, 1.54) is 25.3 Å². The maximum Gasteiger partial charge on any atom is 0.273 e. The third-order valence-corrected chi connectivity index (χ3v) is 3.86. The first-order valence-electron chi connectivity index (χ1n) is 7.85. The summed E-state index contributed by atoms with van der Waals surface area (Å²) in [6.07, 6.45) is 0.950. The highest BCUT2D eigenvalue weighted by Crippen LogP contribution is 2.15. The summed E-state index contributed by atoms with van der Waals surface area (Å²) < 4.78 is 10.2. The van der Waals surface area contributed by atoms with Crippen molar-refractivity contribution >= 4 is 11.7 Å². The number of rotatable bonds is 7. The zero-order valence-corrected chi connectivity index (χ0v) is 14.9. The van der Waals surface area contributed by atoms with Crippen LogP contribution >= 0.6 is 0 Å². The van der Waals surface area contributed by atoms with Gasteiger partial charge in [-0.15, -0.1) is 0 Å². The standard InChI is InChI=1S/C19H22N2O4/c1-13-7-9-14(10-8-13)18(22)15-6-5-11-20-17(15)19(23)21(2)12-16(24-3)25-4/h5-11,16H,12H2,1-4H3. The number of hydrogen-bond acceptors (Lipinski definition) is 5. The van der Waals surface area contributed by atoms with Crippen LogP contribution < -0.4 is 0 Å². The Morgan fingerprint density at radius 3 is 2.36 bits per heavy atom. The molecule has 1 aromatic carbocycles. The Balaban J connectivity index is 2.29. The van der Waals surface area contributed by atoms with Crippen LogP contribution in [0.15, 0.2) is 42.6 Å². The van der Waals surface area contributed by atoms with E-state index < -0.39 is 6.29 Å². The van der Waals surface area contributed by atoms with Crippen LogP contribution in [-0.2, 0) is 9.47 Å². The second kappa shape index (κ2) is 8.50. The van der Waals surface area contributed by atoms with Crippen molar-refractivity contribution in [2.45, 2.75) is 13.2 Å². The molecule has 132 valence electrons. The molecule has 0 aliphatic rings. The summed E-state index contributed by atoms with van der Waals surface area (Å²) in [4.78, 5) is 31.1. The molecule has 0 saturated heterocycles. The van der Waals surface area contributed by atoms with Crippen molar-refractivity contribution in [3.63, 3.8) is 0 Å². The Labute approximate surface area is 147 Å². The van der Waals surface area contributed by atoms with Crippen molar-refractivity contribution in [1.82, 2.24) is 9.88 Å². The van der Waals surface area contributed by atoms with Gasteiger partial charge in [0, 0.05) is 33.0 Å². The number of amides is 1. The fraction of sp³-hybridized carbons (Fsp3) is 0.316. The van der Waals surface area contributed by atoms with E-state index in [0.717, 1.165) is 5.56 Å². The molecule has 0 fully saturated rings. The number of nitrogens with zero attached hydrogens (tertiary/aromatic N) is 2. The largest absolute Gasteiger partial charge is 0.354 e. The highest BCUT2D eigenvalue weighted by molar-refractivity contribution is 6.14. The van der Waals surface area contributed by atoms with Gasteiger partial charge in [0.15, 0.2) is 12.1 Å². The molecule has 0 radical (unpaired) electrons. The minimum Gasteiger partial charge on any atom is -0.354 e. The van der Waals surface area contributed by atoms with E-state index in [1.54, 1.807) is 31.3 Å². The molecule has 2 aromatic rings. The predicted molar refractivity (Wildman–Crippen MR) is 93.6 cm³/mol. The highest BCUT2D eigenvalue weighted by atomic mass is 16.7. The lowest BCUT2D eigenvalue weighted by Gasteiger charge is -2.22. The first-order valence-corrected chi connectivity index (χ1v) is 7.85. The average Bonchev–Trinajstić information content (AvgIpc) is 2.65. The van der Waals surface area contributed by atoms with Gasteiger partial charge in [-0.05, 0) is 19.1 Å². The van der Waals surface area contributed by atoms with Gasteiger partial charge < -0.3 is 14.4 Å².